The highest BCUT2D eigenvalue weighted by atomic mass is 16.5. The molecule has 0 spiro atoms. The van der Waals surface area contributed by atoms with Gasteiger partial charge in [0.05, 0.1) is 41.5 Å². The minimum Gasteiger partial charge on any atom is -0.465 e. The van der Waals surface area contributed by atoms with Gasteiger partial charge in [0.2, 0.25) is 0 Å². The van der Waals surface area contributed by atoms with Crippen LogP contribution < -0.4 is 10.6 Å². The number of hydrogen-bond donors (Lipinski definition) is 1. The monoisotopic (exact) mass is 401 g/mol. The Kier molecular flexibility index (Phi) is 4.59. The van der Waals surface area contributed by atoms with Crippen LogP contribution in [0.25, 0.3) is 27.9 Å². The average molecular weight is 401 g/mol. The maximum absolute atomic E-state index is 11.8. The summed E-state index contributed by atoms with van der Waals surface area (Å²) in [5.41, 5.74) is 11.1. The summed E-state index contributed by atoms with van der Waals surface area (Å²) in [5.74, 6) is -0.378. The van der Waals surface area contributed by atoms with E-state index < -0.39 is 0 Å². The van der Waals surface area contributed by atoms with E-state index in [0.29, 0.717) is 11.2 Å². The Morgan fingerprint density at radius 2 is 2.00 bits per heavy atom. The van der Waals surface area contributed by atoms with E-state index in [-0.39, 0.29) is 12.0 Å². The lowest BCUT2D eigenvalue weighted by molar-refractivity contribution is 0.0600. The summed E-state index contributed by atoms with van der Waals surface area (Å²) < 4.78 is 6.74. The van der Waals surface area contributed by atoms with Gasteiger partial charge in [0.25, 0.3) is 0 Å². The number of pyridine rings is 2. The molecule has 30 heavy (non-hydrogen) atoms. The molecule has 0 atom stereocenters. The topological polar surface area (TPSA) is 85.8 Å². The third kappa shape index (κ3) is 3.17. The molecule has 7 nitrogen and oxygen atoms in total. The molecule has 0 unspecified atom stereocenters. The molecular weight excluding hydrogens is 378 g/mol. The summed E-state index contributed by atoms with van der Waals surface area (Å²) in [6, 6.07) is 14.1. The molecule has 4 heterocycles. The van der Waals surface area contributed by atoms with E-state index in [2.05, 4.69) is 34.1 Å². The minimum absolute atomic E-state index is 0.285. The van der Waals surface area contributed by atoms with Gasteiger partial charge >= 0.3 is 5.97 Å². The number of nitrogens with zero attached hydrogens (tertiary/aromatic N) is 4. The van der Waals surface area contributed by atoms with Gasteiger partial charge in [-0.3, -0.25) is 4.40 Å². The van der Waals surface area contributed by atoms with Crippen LogP contribution in [-0.4, -0.2) is 46.6 Å². The maximum Gasteiger partial charge on any atom is 0.338 e. The lowest BCUT2D eigenvalue weighted by atomic mass is 10.0. The average Bonchev–Trinajstić information content (AvgIpc) is 3.21. The molecule has 0 aliphatic carbocycles. The van der Waals surface area contributed by atoms with Gasteiger partial charge in [0.15, 0.2) is 0 Å². The fourth-order valence-electron chi connectivity index (χ4n) is 4.08. The summed E-state index contributed by atoms with van der Waals surface area (Å²) in [5, 5.41) is 1.10. The summed E-state index contributed by atoms with van der Waals surface area (Å²) in [4.78, 5) is 23.7. The predicted octanol–water partition coefficient (Wildman–Crippen LogP) is 3.26. The molecule has 3 aromatic heterocycles. The zero-order valence-corrected chi connectivity index (χ0v) is 16.8. The predicted molar refractivity (Wildman–Crippen MR) is 117 cm³/mol. The van der Waals surface area contributed by atoms with E-state index in [4.69, 9.17) is 15.5 Å². The molecule has 5 rings (SSSR count). The third-order valence-electron chi connectivity index (χ3n) is 5.78. The van der Waals surface area contributed by atoms with Crippen LogP contribution in [0, 0.1) is 0 Å². The molecule has 152 valence electrons. The van der Waals surface area contributed by atoms with E-state index in [1.807, 2.05) is 16.7 Å². The van der Waals surface area contributed by atoms with Gasteiger partial charge < -0.3 is 15.4 Å². The first-order valence-corrected chi connectivity index (χ1v) is 10.1. The molecule has 1 aromatic carbocycles. The Bertz CT molecular complexity index is 1240. The number of hydrogen-bond acceptors (Lipinski definition) is 6. The lowest BCUT2D eigenvalue weighted by Gasteiger charge is -2.32. The van der Waals surface area contributed by atoms with Crippen molar-refractivity contribution >= 4 is 28.2 Å². The quantitative estimate of drug-likeness (QED) is 0.531. The van der Waals surface area contributed by atoms with E-state index in [9.17, 15) is 4.79 Å². The molecule has 4 aromatic rings. The second-order valence-electron chi connectivity index (χ2n) is 7.65. The van der Waals surface area contributed by atoms with Crippen molar-refractivity contribution in [3.63, 3.8) is 0 Å². The number of carbonyl (C=O) groups excluding carboxylic acids is 1. The fraction of sp³-hybridized carbons (Fsp3) is 0.261. The molecule has 2 N–H and O–H groups in total. The number of nitrogens with two attached hydrogens (primary N) is 1. The fourth-order valence-corrected chi connectivity index (χ4v) is 4.08. The minimum atomic E-state index is -0.378. The van der Waals surface area contributed by atoms with Crippen molar-refractivity contribution in [3.05, 3.63) is 60.4 Å². The molecule has 1 aliphatic rings. The Morgan fingerprint density at radius 3 is 2.80 bits per heavy atom. The highest BCUT2D eigenvalue weighted by molar-refractivity contribution is 5.93. The normalized spacial score (nSPS) is 15.1. The molecule has 1 aliphatic heterocycles. The van der Waals surface area contributed by atoms with Crippen LogP contribution in [0.3, 0.4) is 0 Å². The number of imidazole rings is 1. The van der Waals surface area contributed by atoms with Gasteiger partial charge in [-0.05, 0) is 37.1 Å². The van der Waals surface area contributed by atoms with Crippen molar-refractivity contribution in [2.75, 3.05) is 25.1 Å². The van der Waals surface area contributed by atoms with Crippen LogP contribution in [0.15, 0.2) is 54.9 Å². The SMILES string of the molecule is COC(=O)c1ccn2c(-c3ccc4cccc(N5CCC(N)CC5)c4n3)cnc2c1. The van der Waals surface area contributed by atoms with Gasteiger partial charge in [0.1, 0.15) is 5.65 Å². The number of aromatic nitrogens is 3. The van der Waals surface area contributed by atoms with E-state index in [0.717, 1.165) is 53.9 Å². The van der Waals surface area contributed by atoms with Gasteiger partial charge in [0, 0.05) is 30.7 Å². The third-order valence-corrected chi connectivity index (χ3v) is 5.78. The van der Waals surface area contributed by atoms with Crippen molar-refractivity contribution in [2.24, 2.45) is 5.73 Å². The summed E-state index contributed by atoms with van der Waals surface area (Å²) in [6.07, 6.45) is 5.60. The number of fused-ring (bicyclic) bond motifs is 2. The van der Waals surface area contributed by atoms with Crippen molar-refractivity contribution < 1.29 is 9.53 Å². The first-order valence-electron chi connectivity index (χ1n) is 10.1. The number of anilines is 1. The molecular formula is C23H23N5O2. The van der Waals surface area contributed by atoms with Gasteiger partial charge in [-0.25, -0.2) is 14.8 Å². The van der Waals surface area contributed by atoms with Gasteiger partial charge in [-0.15, -0.1) is 0 Å². The largest absolute Gasteiger partial charge is 0.465 e. The van der Waals surface area contributed by atoms with Crippen LogP contribution in [0.5, 0.6) is 0 Å². The van der Waals surface area contributed by atoms with Crippen molar-refractivity contribution in [1.82, 2.24) is 14.4 Å². The zero-order chi connectivity index (χ0) is 20.7. The highest BCUT2D eigenvalue weighted by Crippen LogP contribution is 2.30. The maximum atomic E-state index is 11.8. The van der Waals surface area contributed by atoms with Crippen molar-refractivity contribution in [3.8, 4) is 11.4 Å². The Labute approximate surface area is 174 Å². The smallest absolute Gasteiger partial charge is 0.338 e. The van der Waals surface area contributed by atoms with Crippen LogP contribution in [0.2, 0.25) is 0 Å². The van der Waals surface area contributed by atoms with E-state index in [1.165, 1.54) is 7.11 Å². The second-order valence-corrected chi connectivity index (χ2v) is 7.65. The standard InChI is InChI=1S/C23H23N5O2/c1-30-23(29)16-7-12-28-20(14-25-21(28)13-16)18-6-5-15-3-2-4-19(22(15)26-18)27-10-8-17(24)9-11-27/h2-7,12-14,17H,8-11,24H2,1H3. The van der Waals surface area contributed by atoms with E-state index in [1.54, 1.807) is 18.3 Å². The van der Waals surface area contributed by atoms with Crippen LogP contribution in [0.4, 0.5) is 5.69 Å². The summed E-state index contributed by atoms with van der Waals surface area (Å²) in [7, 11) is 1.37. The Balaban J connectivity index is 1.58. The van der Waals surface area contributed by atoms with Crippen molar-refractivity contribution in [1.29, 1.82) is 0 Å². The number of carbonyl (C=O) groups is 1. The molecule has 0 amide bonds. The number of methoxy groups -OCH3 is 1. The van der Waals surface area contributed by atoms with Gasteiger partial charge in [-0.2, -0.15) is 0 Å². The number of benzene rings is 1. The second kappa shape index (κ2) is 7.42. The number of ether oxygens (including phenoxy) is 1. The summed E-state index contributed by atoms with van der Waals surface area (Å²) in [6.45, 7) is 1.89. The Hall–Kier alpha value is -3.45. The Morgan fingerprint density at radius 1 is 1.17 bits per heavy atom. The number of piperidine rings is 1. The molecule has 7 heteroatoms. The molecule has 1 saturated heterocycles. The van der Waals surface area contributed by atoms with Crippen molar-refractivity contribution in [2.45, 2.75) is 18.9 Å². The molecule has 0 bridgehead atoms. The first-order chi connectivity index (χ1) is 14.6. The lowest BCUT2D eigenvalue weighted by Crippen LogP contribution is -2.39. The van der Waals surface area contributed by atoms with Crippen LogP contribution >= 0.6 is 0 Å². The summed E-state index contributed by atoms with van der Waals surface area (Å²) >= 11 is 0. The first kappa shape index (κ1) is 18.6. The van der Waals surface area contributed by atoms with Gasteiger partial charge in [-0.1, -0.05) is 18.2 Å². The van der Waals surface area contributed by atoms with Crippen LogP contribution in [0.1, 0.15) is 23.2 Å². The number of rotatable bonds is 3. The molecule has 0 saturated carbocycles. The zero-order valence-electron chi connectivity index (χ0n) is 16.8. The van der Waals surface area contributed by atoms with Crippen LogP contribution in [-0.2, 0) is 4.74 Å². The number of esters is 1. The van der Waals surface area contributed by atoms with E-state index >= 15 is 0 Å². The number of para-hydroxylation sites is 1. The highest BCUT2D eigenvalue weighted by Gasteiger charge is 2.19. The molecule has 0 radical (unpaired) electrons. The molecule has 1 fully saturated rings.